The van der Waals surface area contributed by atoms with Crippen molar-refractivity contribution in [2.45, 2.75) is 13.3 Å². The predicted octanol–water partition coefficient (Wildman–Crippen LogP) is 1.92. The molecule has 0 amide bonds. The molecule has 0 aliphatic carbocycles. The summed E-state index contributed by atoms with van der Waals surface area (Å²) < 4.78 is 22.8. The van der Waals surface area contributed by atoms with Gasteiger partial charge in [0.1, 0.15) is 0 Å². The van der Waals surface area contributed by atoms with E-state index in [1.54, 1.807) is 0 Å². The molecule has 2 N–H and O–H groups in total. The summed E-state index contributed by atoms with van der Waals surface area (Å²) in [5.41, 5.74) is 1.11. The Labute approximate surface area is 98.9 Å². The highest BCUT2D eigenvalue weighted by molar-refractivity contribution is 9.10. The second-order valence-electron chi connectivity index (χ2n) is 3.73. The molecule has 1 aromatic carbocycles. The molecule has 0 heterocycles. The van der Waals surface area contributed by atoms with Crippen LogP contribution in [-0.4, -0.2) is 14.2 Å². The Morgan fingerprint density at radius 1 is 1.40 bits per heavy atom. The van der Waals surface area contributed by atoms with Crippen LogP contribution in [0.2, 0.25) is 0 Å². The second-order valence-corrected chi connectivity index (χ2v) is 6.24. The normalized spacial score (nSPS) is 13.8. The van der Waals surface area contributed by atoms with Gasteiger partial charge < -0.3 is 0 Å². The lowest BCUT2D eigenvalue weighted by atomic mass is 10.0. The number of hydrogen-bond acceptors (Lipinski definition) is 2. The molecule has 0 saturated heterocycles. The van der Waals surface area contributed by atoms with Crippen LogP contribution in [0.25, 0.3) is 0 Å². The number of sulfonamides is 1. The fraction of sp³-hybridized carbons (Fsp3) is 0.400. The summed E-state index contributed by atoms with van der Waals surface area (Å²) in [4.78, 5) is 0. The highest BCUT2D eigenvalue weighted by atomic mass is 79.9. The summed E-state index contributed by atoms with van der Waals surface area (Å²) in [6, 6.07) is 7.78. The molecule has 84 valence electrons. The van der Waals surface area contributed by atoms with E-state index >= 15 is 0 Å². The van der Waals surface area contributed by atoms with E-state index in [2.05, 4.69) is 15.9 Å². The van der Waals surface area contributed by atoms with Crippen molar-refractivity contribution in [3.05, 3.63) is 34.3 Å². The average Bonchev–Trinajstić information content (AvgIpc) is 2.05. The first-order valence-electron chi connectivity index (χ1n) is 4.62. The second kappa shape index (κ2) is 5.09. The summed E-state index contributed by atoms with van der Waals surface area (Å²) in [6.45, 7) is 1.88. The lowest BCUT2D eigenvalue weighted by Crippen LogP contribution is -2.22. The van der Waals surface area contributed by atoms with Gasteiger partial charge in [-0.1, -0.05) is 41.1 Å². The van der Waals surface area contributed by atoms with Crippen molar-refractivity contribution in [3.8, 4) is 0 Å². The molecule has 1 unspecified atom stereocenters. The van der Waals surface area contributed by atoms with Crippen molar-refractivity contribution >= 4 is 26.0 Å². The lowest BCUT2D eigenvalue weighted by Gasteiger charge is -2.10. The minimum Gasteiger partial charge on any atom is -0.229 e. The number of nitrogens with two attached hydrogens (primary N) is 1. The third-order valence-corrected chi connectivity index (χ3v) is 3.85. The molecule has 5 heteroatoms. The van der Waals surface area contributed by atoms with Crippen LogP contribution < -0.4 is 5.14 Å². The molecule has 1 rings (SSSR count). The van der Waals surface area contributed by atoms with Gasteiger partial charge in [-0.25, -0.2) is 13.6 Å². The molecule has 0 fully saturated rings. The number of benzene rings is 1. The Bertz CT molecular complexity index is 431. The fourth-order valence-corrected chi connectivity index (χ4v) is 2.85. The van der Waals surface area contributed by atoms with E-state index in [-0.39, 0.29) is 11.7 Å². The Morgan fingerprint density at radius 2 is 2.00 bits per heavy atom. The monoisotopic (exact) mass is 291 g/mol. The third-order valence-electron chi connectivity index (χ3n) is 2.04. The zero-order chi connectivity index (χ0) is 11.5. The molecule has 0 bridgehead atoms. The molecule has 0 radical (unpaired) electrons. The van der Waals surface area contributed by atoms with Gasteiger partial charge in [0, 0.05) is 4.47 Å². The van der Waals surface area contributed by atoms with Gasteiger partial charge in [0.2, 0.25) is 10.0 Å². The highest BCUT2D eigenvalue weighted by Crippen LogP contribution is 2.19. The van der Waals surface area contributed by atoms with E-state index in [9.17, 15) is 8.42 Å². The van der Waals surface area contributed by atoms with Crippen LogP contribution in [0, 0.1) is 5.92 Å². The Hall–Kier alpha value is -0.390. The van der Waals surface area contributed by atoms with E-state index in [0.29, 0.717) is 6.42 Å². The molecule has 1 atom stereocenters. The summed E-state index contributed by atoms with van der Waals surface area (Å²) in [6.07, 6.45) is 0.706. The number of rotatable bonds is 4. The molecule has 0 aliphatic heterocycles. The molecule has 0 aromatic heterocycles. The first kappa shape index (κ1) is 12.7. The van der Waals surface area contributed by atoms with Crippen LogP contribution in [0.1, 0.15) is 12.5 Å². The standard InChI is InChI=1S/C10H14BrNO2S/c1-8(7-15(12,13)14)6-9-4-2-3-5-10(9)11/h2-5,8H,6-7H2,1H3,(H2,12,13,14). The SMILES string of the molecule is CC(Cc1ccccc1Br)CS(N)(=O)=O. The molecule has 0 aliphatic rings. The van der Waals surface area contributed by atoms with Gasteiger partial charge in [0.05, 0.1) is 5.75 Å². The maximum atomic E-state index is 10.9. The first-order chi connectivity index (χ1) is 6.88. The number of halogens is 1. The van der Waals surface area contributed by atoms with E-state index in [1.165, 1.54) is 0 Å². The van der Waals surface area contributed by atoms with Crippen LogP contribution in [0.5, 0.6) is 0 Å². The molecule has 0 saturated carbocycles. The average molecular weight is 292 g/mol. The summed E-state index contributed by atoms with van der Waals surface area (Å²) in [7, 11) is -3.37. The van der Waals surface area contributed by atoms with Crippen molar-refractivity contribution in [2.24, 2.45) is 11.1 Å². The summed E-state index contributed by atoms with van der Waals surface area (Å²) in [5, 5.41) is 4.99. The first-order valence-corrected chi connectivity index (χ1v) is 7.13. The van der Waals surface area contributed by atoms with E-state index in [0.717, 1.165) is 10.0 Å². The lowest BCUT2D eigenvalue weighted by molar-refractivity contribution is 0.571. The minimum absolute atomic E-state index is 0.0222. The van der Waals surface area contributed by atoms with Crippen molar-refractivity contribution in [1.82, 2.24) is 0 Å². The number of hydrogen-bond donors (Lipinski definition) is 1. The molecule has 15 heavy (non-hydrogen) atoms. The van der Waals surface area contributed by atoms with E-state index in [4.69, 9.17) is 5.14 Å². The highest BCUT2D eigenvalue weighted by Gasteiger charge is 2.12. The van der Waals surface area contributed by atoms with Gasteiger partial charge in [-0.15, -0.1) is 0 Å². The van der Waals surface area contributed by atoms with Crippen LogP contribution in [0.4, 0.5) is 0 Å². The molecular formula is C10H14BrNO2S. The van der Waals surface area contributed by atoms with Gasteiger partial charge >= 0.3 is 0 Å². The van der Waals surface area contributed by atoms with E-state index < -0.39 is 10.0 Å². The summed E-state index contributed by atoms with van der Waals surface area (Å²) >= 11 is 3.42. The van der Waals surface area contributed by atoms with Gasteiger partial charge in [-0.2, -0.15) is 0 Å². The largest absolute Gasteiger partial charge is 0.229 e. The minimum atomic E-state index is -3.37. The Kier molecular flexibility index (Phi) is 4.31. The maximum absolute atomic E-state index is 10.9. The van der Waals surface area contributed by atoms with Crippen molar-refractivity contribution < 1.29 is 8.42 Å². The molecular weight excluding hydrogens is 278 g/mol. The Balaban J connectivity index is 2.67. The quantitative estimate of drug-likeness (QED) is 0.921. The molecule has 0 spiro atoms. The topological polar surface area (TPSA) is 60.2 Å². The van der Waals surface area contributed by atoms with Crippen molar-refractivity contribution in [3.63, 3.8) is 0 Å². The van der Waals surface area contributed by atoms with Crippen molar-refractivity contribution in [2.75, 3.05) is 5.75 Å². The van der Waals surface area contributed by atoms with Crippen LogP contribution in [0.3, 0.4) is 0 Å². The van der Waals surface area contributed by atoms with Gasteiger partial charge in [-0.05, 0) is 24.0 Å². The third kappa shape index (κ3) is 4.77. The summed E-state index contributed by atoms with van der Waals surface area (Å²) in [5.74, 6) is 0.0487. The van der Waals surface area contributed by atoms with Crippen LogP contribution in [0.15, 0.2) is 28.7 Å². The van der Waals surface area contributed by atoms with Crippen molar-refractivity contribution in [1.29, 1.82) is 0 Å². The molecule has 1 aromatic rings. The van der Waals surface area contributed by atoms with E-state index in [1.807, 2.05) is 31.2 Å². The smallest absolute Gasteiger partial charge is 0.209 e. The maximum Gasteiger partial charge on any atom is 0.209 e. The Morgan fingerprint density at radius 3 is 2.53 bits per heavy atom. The van der Waals surface area contributed by atoms with Gasteiger partial charge in [0.15, 0.2) is 0 Å². The van der Waals surface area contributed by atoms with Crippen LogP contribution >= 0.6 is 15.9 Å². The zero-order valence-corrected chi connectivity index (χ0v) is 10.9. The fourth-order valence-electron chi connectivity index (χ4n) is 1.49. The molecule has 3 nitrogen and oxygen atoms in total. The van der Waals surface area contributed by atoms with Crippen LogP contribution in [-0.2, 0) is 16.4 Å². The number of primary sulfonamides is 1. The van der Waals surface area contributed by atoms with Gasteiger partial charge in [-0.3, -0.25) is 0 Å². The predicted molar refractivity (Wildman–Crippen MR) is 65.0 cm³/mol. The van der Waals surface area contributed by atoms with Gasteiger partial charge in [0.25, 0.3) is 0 Å². The zero-order valence-electron chi connectivity index (χ0n) is 8.48.